The van der Waals surface area contributed by atoms with E-state index in [1.165, 1.54) is 6.92 Å². The maximum absolute atomic E-state index is 12.8. The maximum atomic E-state index is 12.8. The van der Waals surface area contributed by atoms with E-state index in [9.17, 15) is 9.59 Å². The van der Waals surface area contributed by atoms with Gasteiger partial charge in [0.25, 0.3) is 0 Å². The van der Waals surface area contributed by atoms with Crippen LogP contribution in [0.25, 0.3) is 0 Å². The lowest BCUT2D eigenvalue weighted by Gasteiger charge is -2.32. The molecule has 0 aromatic carbocycles. The molecule has 23 heavy (non-hydrogen) atoms. The Bertz CT molecular complexity index is 624. The van der Waals surface area contributed by atoms with Crippen LogP contribution in [0.5, 0.6) is 0 Å². The standard InChI is InChI=1S/C15H21N5O2S/c1-3-16-14-6-11-7-19(5-4-12(11)17-18-14)15(22)13-8-23-9-20(13)10(2)21/h6,13H,3-5,7-9H2,1-2H3,(H,16,18)/t13-/m0/s1. The molecule has 7 nitrogen and oxygen atoms in total. The molecule has 1 aromatic heterocycles. The van der Waals surface area contributed by atoms with Crippen molar-refractivity contribution in [2.45, 2.75) is 32.9 Å². The minimum absolute atomic E-state index is 0.0361. The van der Waals surface area contributed by atoms with Crippen molar-refractivity contribution in [3.8, 4) is 0 Å². The molecule has 3 heterocycles. The number of carbonyl (C=O) groups excluding carboxylic acids is 2. The normalized spacial score (nSPS) is 20.3. The van der Waals surface area contributed by atoms with E-state index in [4.69, 9.17) is 0 Å². The highest BCUT2D eigenvalue weighted by atomic mass is 32.2. The number of hydrogen-bond acceptors (Lipinski definition) is 6. The minimum Gasteiger partial charge on any atom is -0.369 e. The van der Waals surface area contributed by atoms with E-state index in [-0.39, 0.29) is 17.9 Å². The summed E-state index contributed by atoms with van der Waals surface area (Å²) in [6, 6.07) is 1.64. The van der Waals surface area contributed by atoms with Gasteiger partial charge in [0, 0.05) is 38.7 Å². The van der Waals surface area contributed by atoms with Gasteiger partial charge in [-0.15, -0.1) is 16.9 Å². The lowest BCUT2D eigenvalue weighted by molar-refractivity contribution is -0.143. The van der Waals surface area contributed by atoms with Crippen molar-refractivity contribution in [1.82, 2.24) is 20.0 Å². The summed E-state index contributed by atoms with van der Waals surface area (Å²) in [5.41, 5.74) is 2.00. The molecule has 3 rings (SSSR count). The fraction of sp³-hybridized carbons (Fsp3) is 0.600. The number of anilines is 1. The molecule has 0 unspecified atom stereocenters. The summed E-state index contributed by atoms with van der Waals surface area (Å²) < 4.78 is 0. The van der Waals surface area contributed by atoms with Crippen LogP contribution in [0.1, 0.15) is 25.1 Å². The monoisotopic (exact) mass is 335 g/mol. The smallest absolute Gasteiger partial charge is 0.246 e. The molecule has 2 aliphatic heterocycles. The number of rotatable bonds is 3. The number of fused-ring (bicyclic) bond motifs is 1. The summed E-state index contributed by atoms with van der Waals surface area (Å²) >= 11 is 1.63. The molecule has 1 atom stereocenters. The van der Waals surface area contributed by atoms with Crippen LogP contribution in [0, 0.1) is 0 Å². The molecule has 124 valence electrons. The molecule has 8 heteroatoms. The van der Waals surface area contributed by atoms with Crippen LogP contribution in [0.15, 0.2) is 6.07 Å². The molecule has 0 radical (unpaired) electrons. The predicted octanol–water partition coefficient (Wildman–Crippen LogP) is 0.714. The molecule has 0 aliphatic carbocycles. The van der Waals surface area contributed by atoms with Crippen molar-refractivity contribution < 1.29 is 9.59 Å². The van der Waals surface area contributed by atoms with Gasteiger partial charge in [0.2, 0.25) is 11.8 Å². The largest absolute Gasteiger partial charge is 0.369 e. The van der Waals surface area contributed by atoms with Gasteiger partial charge in [-0.25, -0.2) is 0 Å². The van der Waals surface area contributed by atoms with Crippen LogP contribution in [0.4, 0.5) is 5.82 Å². The Hall–Kier alpha value is -1.83. The quantitative estimate of drug-likeness (QED) is 0.877. The summed E-state index contributed by atoms with van der Waals surface area (Å²) in [5.74, 6) is 2.02. The van der Waals surface area contributed by atoms with E-state index in [2.05, 4.69) is 15.5 Å². The molecule has 0 spiro atoms. The second kappa shape index (κ2) is 6.74. The van der Waals surface area contributed by atoms with E-state index in [1.54, 1.807) is 16.7 Å². The first-order valence-corrected chi connectivity index (χ1v) is 8.98. The van der Waals surface area contributed by atoms with E-state index in [1.807, 2.05) is 17.9 Å². The van der Waals surface area contributed by atoms with Crippen LogP contribution in [0.2, 0.25) is 0 Å². The Kier molecular flexibility index (Phi) is 4.70. The summed E-state index contributed by atoms with van der Waals surface area (Å²) in [6.07, 6.45) is 0.709. The third-order valence-corrected chi connectivity index (χ3v) is 5.19. The van der Waals surface area contributed by atoms with Crippen molar-refractivity contribution in [1.29, 1.82) is 0 Å². The molecule has 1 aromatic rings. The van der Waals surface area contributed by atoms with Crippen molar-refractivity contribution in [2.24, 2.45) is 0 Å². The van der Waals surface area contributed by atoms with Gasteiger partial charge in [-0.3, -0.25) is 9.59 Å². The first kappa shape index (κ1) is 16.0. The Labute approximate surface area is 139 Å². The highest BCUT2D eigenvalue weighted by Gasteiger charge is 2.36. The second-order valence-corrected chi connectivity index (χ2v) is 6.75. The third-order valence-electron chi connectivity index (χ3n) is 4.18. The highest BCUT2D eigenvalue weighted by molar-refractivity contribution is 7.99. The van der Waals surface area contributed by atoms with Gasteiger partial charge < -0.3 is 15.1 Å². The maximum Gasteiger partial charge on any atom is 0.246 e. The van der Waals surface area contributed by atoms with Crippen molar-refractivity contribution in [3.05, 3.63) is 17.3 Å². The summed E-state index contributed by atoms with van der Waals surface area (Å²) in [7, 11) is 0. The van der Waals surface area contributed by atoms with Gasteiger partial charge in [0.1, 0.15) is 11.9 Å². The van der Waals surface area contributed by atoms with Crippen molar-refractivity contribution in [2.75, 3.05) is 30.0 Å². The molecule has 2 amide bonds. The SMILES string of the molecule is CCNc1cc2c(nn1)CCN(C(=O)[C@@H]1CSCN1C(C)=O)C2. The summed E-state index contributed by atoms with van der Waals surface area (Å²) in [5, 5.41) is 11.5. The molecule has 1 saturated heterocycles. The average molecular weight is 335 g/mol. The molecule has 0 bridgehead atoms. The zero-order valence-electron chi connectivity index (χ0n) is 13.4. The number of aromatic nitrogens is 2. The Morgan fingerprint density at radius 2 is 2.26 bits per heavy atom. The van der Waals surface area contributed by atoms with Gasteiger partial charge in [0.15, 0.2) is 0 Å². The second-order valence-electron chi connectivity index (χ2n) is 5.75. The Balaban J connectivity index is 1.74. The Morgan fingerprint density at radius 3 is 3.00 bits per heavy atom. The lowest BCUT2D eigenvalue weighted by Crippen LogP contribution is -2.49. The molecular formula is C15H21N5O2S. The van der Waals surface area contributed by atoms with Crippen LogP contribution in [0.3, 0.4) is 0 Å². The molecule has 1 N–H and O–H groups in total. The first-order valence-electron chi connectivity index (χ1n) is 7.83. The predicted molar refractivity (Wildman–Crippen MR) is 88.9 cm³/mol. The highest BCUT2D eigenvalue weighted by Crippen LogP contribution is 2.25. The molecule has 0 saturated carbocycles. The van der Waals surface area contributed by atoms with Gasteiger partial charge in [-0.05, 0) is 18.6 Å². The molecule has 2 aliphatic rings. The third kappa shape index (κ3) is 3.26. The van der Waals surface area contributed by atoms with Crippen LogP contribution in [-0.2, 0) is 22.6 Å². The lowest BCUT2D eigenvalue weighted by atomic mass is 10.1. The van der Waals surface area contributed by atoms with E-state index in [0.717, 1.165) is 23.6 Å². The number of carbonyl (C=O) groups is 2. The Morgan fingerprint density at radius 1 is 1.43 bits per heavy atom. The molecule has 1 fully saturated rings. The van der Waals surface area contributed by atoms with Gasteiger partial charge in [-0.2, -0.15) is 5.10 Å². The topological polar surface area (TPSA) is 78.4 Å². The van der Waals surface area contributed by atoms with Crippen LogP contribution < -0.4 is 5.32 Å². The summed E-state index contributed by atoms with van der Waals surface area (Å²) in [4.78, 5) is 28.0. The van der Waals surface area contributed by atoms with Crippen LogP contribution >= 0.6 is 11.8 Å². The molecular weight excluding hydrogens is 314 g/mol. The van der Waals surface area contributed by atoms with Crippen LogP contribution in [-0.4, -0.2) is 62.6 Å². The van der Waals surface area contributed by atoms with Gasteiger partial charge in [0.05, 0.1) is 11.6 Å². The zero-order chi connectivity index (χ0) is 16.4. The first-order chi connectivity index (χ1) is 11.1. The summed E-state index contributed by atoms with van der Waals surface area (Å²) in [6.45, 7) is 5.48. The fourth-order valence-corrected chi connectivity index (χ4v) is 4.16. The average Bonchev–Trinajstić information content (AvgIpc) is 3.03. The van der Waals surface area contributed by atoms with Gasteiger partial charge in [-0.1, -0.05) is 0 Å². The number of hydrogen-bond donors (Lipinski definition) is 1. The van der Waals surface area contributed by atoms with Crippen molar-refractivity contribution in [3.63, 3.8) is 0 Å². The number of thioether (sulfide) groups is 1. The number of nitrogens with zero attached hydrogens (tertiary/aromatic N) is 4. The minimum atomic E-state index is -0.331. The van der Waals surface area contributed by atoms with Crippen molar-refractivity contribution >= 4 is 29.4 Å². The fourth-order valence-electron chi connectivity index (χ4n) is 2.95. The van der Waals surface area contributed by atoms with Gasteiger partial charge >= 0.3 is 0 Å². The zero-order valence-corrected chi connectivity index (χ0v) is 14.2. The van der Waals surface area contributed by atoms with E-state index < -0.39 is 0 Å². The van der Waals surface area contributed by atoms with E-state index in [0.29, 0.717) is 31.1 Å². The van der Waals surface area contributed by atoms with E-state index >= 15 is 0 Å². The number of amides is 2. The number of nitrogens with one attached hydrogen (secondary N) is 1.